The summed E-state index contributed by atoms with van der Waals surface area (Å²) in [6.07, 6.45) is 4.67. The molecule has 2 aromatic heterocycles. The van der Waals surface area contributed by atoms with Gasteiger partial charge in [0.05, 0.1) is 11.9 Å². The predicted octanol–water partition coefficient (Wildman–Crippen LogP) is 1.21. The highest BCUT2D eigenvalue weighted by molar-refractivity contribution is 7.92. The number of pyridine rings is 1. The van der Waals surface area contributed by atoms with Gasteiger partial charge in [-0.3, -0.25) is 9.40 Å². The maximum atomic E-state index is 12.2. The van der Waals surface area contributed by atoms with E-state index in [4.69, 9.17) is 0 Å². The number of hydrogen-bond acceptors (Lipinski definition) is 5. The summed E-state index contributed by atoms with van der Waals surface area (Å²) in [6.45, 7) is 6.13. The van der Waals surface area contributed by atoms with Crippen molar-refractivity contribution in [1.82, 2.24) is 20.1 Å². The maximum absolute atomic E-state index is 12.2. The van der Waals surface area contributed by atoms with Crippen molar-refractivity contribution in [1.29, 1.82) is 0 Å². The molecule has 0 saturated heterocycles. The Morgan fingerprint density at radius 3 is 2.62 bits per heavy atom. The van der Waals surface area contributed by atoms with Crippen LogP contribution in [0.5, 0.6) is 0 Å². The third-order valence-electron chi connectivity index (χ3n) is 2.86. The lowest BCUT2D eigenvalue weighted by Gasteiger charge is -2.06. The lowest BCUT2D eigenvalue weighted by molar-refractivity contribution is 0.597. The highest BCUT2D eigenvalue weighted by Crippen LogP contribution is 2.13. The van der Waals surface area contributed by atoms with Crippen LogP contribution in [0, 0.1) is 0 Å². The normalized spacial score (nSPS) is 11.5. The first kappa shape index (κ1) is 15.5. The Hall–Kier alpha value is -1.93. The lowest BCUT2D eigenvalue weighted by Crippen LogP contribution is -2.15. The van der Waals surface area contributed by atoms with Crippen molar-refractivity contribution in [3.8, 4) is 0 Å². The van der Waals surface area contributed by atoms with E-state index in [1.165, 1.54) is 12.3 Å². The van der Waals surface area contributed by atoms with Crippen molar-refractivity contribution in [3.63, 3.8) is 0 Å². The zero-order chi connectivity index (χ0) is 15.3. The Kier molecular flexibility index (Phi) is 4.92. The third kappa shape index (κ3) is 4.02. The fourth-order valence-corrected chi connectivity index (χ4v) is 2.70. The second-order valence-corrected chi connectivity index (χ2v) is 6.10. The molecule has 2 heterocycles. The zero-order valence-corrected chi connectivity index (χ0v) is 12.9. The molecule has 0 atom stereocenters. The maximum Gasteiger partial charge on any atom is 0.279 e. The number of hydrogen-bond donors (Lipinski definition) is 2. The van der Waals surface area contributed by atoms with Crippen LogP contribution in [0.4, 0.5) is 5.69 Å². The average molecular weight is 309 g/mol. The number of aryl methyl sites for hydroxylation is 1. The van der Waals surface area contributed by atoms with E-state index >= 15 is 0 Å². The van der Waals surface area contributed by atoms with Gasteiger partial charge in [-0.05, 0) is 25.1 Å². The van der Waals surface area contributed by atoms with Crippen LogP contribution in [-0.4, -0.2) is 29.7 Å². The summed E-state index contributed by atoms with van der Waals surface area (Å²) in [6, 6.07) is 3.25. The molecule has 7 nitrogen and oxygen atoms in total. The van der Waals surface area contributed by atoms with Crippen LogP contribution in [0.15, 0.2) is 35.7 Å². The first-order valence-electron chi connectivity index (χ1n) is 6.76. The summed E-state index contributed by atoms with van der Waals surface area (Å²) in [7, 11) is -3.68. The van der Waals surface area contributed by atoms with Crippen LogP contribution >= 0.6 is 0 Å². The molecular weight excluding hydrogens is 290 g/mol. The first-order chi connectivity index (χ1) is 10.0. The molecule has 0 aliphatic carbocycles. The Labute approximate surface area is 124 Å². The van der Waals surface area contributed by atoms with Crippen molar-refractivity contribution in [3.05, 3.63) is 36.3 Å². The number of rotatable bonds is 7. The van der Waals surface area contributed by atoms with Crippen LogP contribution in [-0.2, 0) is 23.1 Å². The molecule has 8 heteroatoms. The van der Waals surface area contributed by atoms with Gasteiger partial charge in [0.1, 0.15) is 0 Å². The van der Waals surface area contributed by atoms with E-state index in [2.05, 4.69) is 20.1 Å². The van der Waals surface area contributed by atoms with Crippen molar-refractivity contribution in [2.75, 3.05) is 11.3 Å². The second-order valence-electron chi connectivity index (χ2n) is 4.48. The summed E-state index contributed by atoms with van der Waals surface area (Å²) in [5.74, 6) is 0. The molecular formula is C13H19N5O2S. The average Bonchev–Trinajstić information content (AvgIpc) is 2.92. The minimum atomic E-state index is -3.68. The van der Waals surface area contributed by atoms with E-state index in [1.54, 1.807) is 23.1 Å². The van der Waals surface area contributed by atoms with Crippen LogP contribution in [0.2, 0.25) is 0 Å². The van der Waals surface area contributed by atoms with E-state index in [0.717, 1.165) is 12.1 Å². The van der Waals surface area contributed by atoms with Gasteiger partial charge in [0.2, 0.25) is 0 Å². The van der Waals surface area contributed by atoms with Gasteiger partial charge in [-0.2, -0.15) is 13.5 Å². The van der Waals surface area contributed by atoms with Gasteiger partial charge in [-0.25, -0.2) is 4.98 Å². The number of anilines is 1. The van der Waals surface area contributed by atoms with Crippen LogP contribution in [0.3, 0.4) is 0 Å². The fourth-order valence-electron chi connectivity index (χ4n) is 1.74. The molecule has 0 aromatic carbocycles. The van der Waals surface area contributed by atoms with E-state index in [9.17, 15) is 8.42 Å². The molecule has 2 N–H and O–H groups in total. The molecule has 0 aliphatic rings. The van der Waals surface area contributed by atoms with Gasteiger partial charge in [0, 0.05) is 25.5 Å². The van der Waals surface area contributed by atoms with Gasteiger partial charge in [0.15, 0.2) is 5.03 Å². The topological polar surface area (TPSA) is 88.9 Å². The lowest BCUT2D eigenvalue weighted by atomic mass is 10.3. The molecule has 0 radical (unpaired) electrons. The SMILES string of the molecule is CCNCc1ccc(S(=O)(=O)Nc2cnn(CC)c2)nc1. The van der Waals surface area contributed by atoms with Crippen LogP contribution < -0.4 is 10.0 Å². The monoisotopic (exact) mass is 309 g/mol. The molecule has 114 valence electrons. The Morgan fingerprint density at radius 1 is 1.24 bits per heavy atom. The van der Waals surface area contributed by atoms with Gasteiger partial charge in [-0.1, -0.05) is 13.0 Å². The molecule has 0 bridgehead atoms. The molecule has 0 amide bonds. The van der Waals surface area contributed by atoms with Gasteiger partial charge in [-0.15, -0.1) is 0 Å². The molecule has 21 heavy (non-hydrogen) atoms. The predicted molar refractivity (Wildman–Crippen MR) is 80.3 cm³/mol. The smallest absolute Gasteiger partial charge is 0.279 e. The molecule has 2 aromatic rings. The van der Waals surface area contributed by atoms with Crippen molar-refractivity contribution in [2.24, 2.45) is 0 Å². The number of nitrogens with zero attached hydrogens (tertiary/aromatic N) is 3. The standard InChI is InChI=1S/C13H19N5O2S/c1-3-14-7-11-5-6-13(15-8-11)21(19,20)17-12-9-16-18(4-2)10-12/h5-6,8-10,14,17H,3-4,7H2,1-2H3. The molecule has 0 spiro atoms. The zero-order valence-electron chi connectivity index (χ0n) is 12.1. The number of aromatic nitrogens is 3. The van der Waals surface area contributed by atoms with E-state index in [0.29, 0.717) is 18.8 Å². The van der Waals surface area contributed by atoms with Crippen LogP contribution in [0.1, 0.15) is 19.4 Å². The van der Waals surface area contributed by atoms with E-state index < -0.39 is 10.0 Å². The molecule has 0 aliphatic heterocycles. The Morgan fingerprint density at radius 2 is 2.05 bits per heavy atom. The summed E-state index contributed by atoms with van der Waals surface area (Å²) >= 11 is 0. The molecule has 0 unspecified atom stereocenters. The molecule has 2 rings (SSSR count). The number of nitrogens with one attached hydrogen (secondary N) is 2. The molecule has 0 fully saturated rings. The summed E-state index contributed by atoms with van der Waals surface area (Å²) < 4.78 is 28.5. The third-order valence-corrected chi connectivity index (χ3v) is 4.16. The summed E-state index contributed by atoms with van der Waals surface area (Å²) in [5.41, 5.74) is 1.37. The van der Waals surface area contributed by atoms with Crippen molar-refractivity contribution < 1.29 is 8.42 Å². The van der Waals surface area contributed by atoms with Crippen molar-refractivity contribution in [2.45, 2.75) is 32.0 Å². The van der Waals surface area contributed by atoms with Gasteiger partial charge in [0.25, 0.3) is 10.0 Å². The highest BCUT2D eigenvalue weighted by Gasteiger charge is 2.16. The largest absolute Gasteiger partial charge is 0.313 e. The van der Waals surface area contributed by atoms with Crippen LogP contribution in [0.25, 0.3) is 0 Å². The fraction of sp³-hybridized carbons (Fsp3) is 0.385. The minimum Gasteiger partial charge on any atom is -0.313 e. The summed E-state index contributed by atoms with van der Waals surface area (Å²) in [5, 5.41) is 7.17. The first-order valence-corrected chi connectivity index (χ1v) is 8.24. The Bertz CT molecular complexity index is 679. The molecule has 0 saturated carbocycles. The van der Waals surface area contributed by atoms with Crippen molar-refractivity contribution >= 4 is 15.7 Å². The summed E-state index contributed by atoms with van der Waals surface area (Å²) in [4.78, 5) is 4.01. The van der Waals surface area contributed by atoms with E-state index in [1.807, 2.05) is 13.8 Å². The van der Waals surface area contributed by atoms with Gasteiger partial charge < -0.3 is 5.32 Å². The minimum absolute atomic E-state index is 0.00741. The highest BCUT2D eigenvalue weighted by atomic mass is 32.2. The Balaban J connectivity index is 2.11. The second kappa shape index (κ2) is 6.68. The quantitative estimate of drug-likeness (QED) is 0.802. The van der Waals surface area contributed by atoms with E-state index in [-0.39, 0.29) is 5.03 Å². The van der Waals surface area contributed by atoms with Gasteiger partial charge >= 0.3 is 0 Å². The number of sulfonamides is 1.